The van der Waals surface area contributed by atoms with E-state index in [4.69, 9.17) is 10.2 Å². The number of aliphatic hydroxyl groups is 3. The first-order chi connectivity index (χ1) is 13.6. The van der Waals surface area contributed by atoms with Crippen molar-refractivity contribution in [1.82, 2.24) is 25.3 Å². The number of hydrogen-bond donors (Lipinski definition) is 5. The summed E-state index contributed by atoms with van der Waals surface area (Å²) in [6.07, 6.45) is 1.16. The highest BCUT2D eigenvalue weighted by molar-refractivity contribution is 4.67. The van der Waals surface area contributed by atoms with Gasteiger partial charge in [-0.1, -0.05) is 13.8 Å². The predicted octanol–water partition coefficient (Wildman–Crippen LogP) is -1.71. The summed E-state index contributed by atoms with van der Waals surface area (Å²) in [4.78, 5) is 7.08. The summed E-state index contributed by atoms with van der Waals surface area (Å²) < 4.78 is 0. The van der Waals surface area contributed by atoms with Crippen molar-refractivity contribution < 1.29 is 20.8 Å². The maximum absolute atomic E-state index is 9.33. The van der Waals surface area contributed by atoms with Gasteiger partial charge in [0, 0.05) is 72.1 Å². The average molecular weight is 426 g/mol. The molecule has 0 fully saturated rings. The van der Waals surface area contributed by atoms with Gasteiger partial charge in [0.2, 0.25) is 0 Å². The van der Waals surface area contributed by atoms with Crippen LogP contribution in [0.2, 0.25) is 0 Å². The summed E-state index contributed by atoms with van der Waals surface area (Å²) in [6, 6.07) is 0. The third kappa shape index (κ3) is 23.8. The van der Waals surface area contributed by atoms with Gasteiger partial charge < -0.3 is 41.2 Å². The summed E-state index contributed by atoms with van der Waals surface area (Å²) >= 11 is 0. The second kappa shape index (κ2) is 27.6. The van der Waals surface area contributed by atoms with E-state index in [1.54, 1.807) is 6.92 Å². The highest BCUT2D eigenvalue weighted by atomic mass is 16.3. The molecular formula is C20H51N5O4. The smallest absolute Gasteiger partial charge is 0.0558 e. The highest BCUT2D eigenvalue weighted by Gasteiger charge is 2.10. The predicted molar refractivity (Wildman–Crippen MR) is 123 cm³/mol. The van der Waals surface area contributed by atoms with Crippen LogP contribution < -0.4 is 10.6 Å². The van der Waals surface area contributed by atoms with Crippen molar-refractivity contribution >= 4 is 0 Å². The van der Waals surface area contributed by atoms with Crippen molar-refractivity contribution in [3.05, 3.63) is 0 Å². The molecule has 0 aliphatic heterocycles. The van der Waals surface area contributed by atoms with Gasteiger partial charge in [-0.05, 0) is 33.5 Å². The van der Waals surface area contributed by atoms with Crippen molar-refractivity contribution in [1.29, 1.82) is 0 Å². The lowest BCUT2D eigenvalue weighted by molar-refractivity contribution is 0.140. The quantitative estimate of drug-likeness (QED) is 0.155. The topological polar surface area (TPSA) is 126 Å². The van der Waals surface area contributed by atoms with Crippen molar-refractivity contribution in [3.8, 4) is 0 Å². The molecule has 0 aromatic heterocycles. The van der Waals surface area contributed by atoms with Crippen LogP contribution in [0.4, 0.5) is 0 Å². The largest absolute Gasteiger partial charge is 0.412 e. The number of nitrogens with zero attached hydrogens (tertiary/aromatic N) is 3. The molecule has 180 valence electrons. The Bertz CT molecular complexity index is 292. The second-order valence-corrected chi connectivity index (χ2v) is 6.73. The average Bonchev–Trinajstić information content (AvgIpc) is 2.69. The zero-order chi connectivity index (χ0) is 21.5. The monoisotopic (exact) mass is 425 g/mol. The standard InChI is InChI=1S/C18H43N5O2.C2H6O.H2O/c1-4-9-22(10-8-20-7-6-19-3)13-14-23(16-18-25)12-11-21(5-2)15-17-24;1-2-3;/h19-20,24-25H,4-18H2,1-3H3;3H,2H2,1H3;1H2. The van der Waals surface area contributed by atoms with Crippen LogP contribution in [-0.2, 0) is 0 Å². The van der Waals surface area contributed by atoms with Gasteiger partial charge in [-0.15, -0.1) is 0 Å². The second-order valence-electron chi connectivity index (χ2n) is 6.73. The Hall–Kier alpha value is -0.360. The number of hydrogen-bond acceptors (Lipinski definition) is 8. The van der Waals surface area contributed by atoms with Gasteiger partial charge in [0.05, 0.1) is 13.2 Å². The molecule has 9 heteroatoms. The van der Waals surface area contributed by atoms with Crippen LogP contribution in [0, 0.1) is 0 Å². The molecule has 0 aliphatic carbocycles. The SMILES string of the molecule is CCCN(CCNCCNC)CCN(CCO)CCN(CC)CCO.CCO.O. The van der Waals surface area contributed by atoms with Crippen molar-refractivity contribution in [2.75, 3.05) is 105 Å². The molecule has 0 saturated carbocycles. The number of likely N-dealkylation sites (N-methyl/N-ethyl adjacent to an activating group) is 2. The summed E-state index contributed by atoms with van der Waals surface area (Å²) in [5, 5.41) is 32.6. The van der Waals surface area contributed by atoms with Gasteiger partial charge in [0.25, 0.3) is 0 Å². The molecule has 0 unspecified atom stereocenters. The lowest BCUT2D eigenvalue weighted by Crippen LogP contribution is -2.43. The first kappa shape index (κ1) is 33.3. The fourth-order valence-corrected chi connectivity index (χ4v) is 2.84. The van der Waals surface area contributed by atoms with Gasteiger partial charge in [-0.3, -0.25) is 4.90 Å². The van der Waals surface area contributed by atoms with Crippen molar-refractivity contribution in [3.63, 3.8) is 0 Å². The molecule has 0 saturated heterocycles. The molecule has 0 amide bonds. The van der Waals surface area contributed by atoms with Gasteiger partial charge >= 0.3 is 0 Å². The van der Waals surface area contributed by atoms with Crippen LogP contribution in [0.5, 0.6) is 0 Å². The summed E-state index contributed by atoms with van der Waals surface area (Å²) in [5.74, 6) is 0. The zero-order valence-corrected chi connectivity index (χ0v) is 19.5. The molecule has 0 aromatic rings. The molecule has 9 nitrogen and oxygen atoms in total. The van der Waals surface area contributed by atoms with E-state index in [1.807, 2.05) is 7.05 Å². The van der Waals surface area contributed by atoms with Crippen LogP contribution >= 0.6 is 0 Å². The van der Waals surface area contributed by atoms with Crippen LogP contribution in [-0.4, -0.2) is 141 Å². The molecule has 0 aliphatic rings. The maximum Gasteiger partial charge on any atom is 0.0558 e. The molecule has 0 aromatic carbocycles. The van der Waals surface area contributed by atoms with E-state index >= 15 is 0 Å². The third-order valence-corrected chi connectivity index (χ3v) is 4.44. The van der Waals surface area contributed by atoms with Gasteiger partial charge in [0.1, 0.15) is 0 Å². The molecule has 0 spiro atoms. The van der Waals surface area contributed by atoms with Crippen LogP contribution in [0.1, 0.15) is 27.2 Å². The zero-order valence-electron chi connectivity index (χ0n) is 19.5. The number of nitrogens with one attached hydrogen (secondary N) is 2. The first-order valence-corrected chi connectivity index (χ1v) is 11.0. The van der Waals surface area contributed by atoms with E-state index in [1.165, 1.54) is 0 Å². The minimum atomic E-state index is 0. The van der Waals surface area contributed by atoms with Gasteiger partial charge in [-0.25, -0.2) is 0 Å². The molecule has 0 rings (SSSR count). The molecule has 0 heterocycles. The highest BCUT2D eigenvalue weighted by Crippen LogP contribution is 1.96. The fraction of sp³-hybridized carbons (Fsp3) is 1.00. The Kier molecular flexibility index (Phi) is 31.7. The third-order valence-electron chi connectivity index (χ3n) is 4.44. The molecule has 0 radical (unpaired) electrons. The van der Waals surface area contributed by atoms with Crippen LogP contribution in [0.15, 0.2) is 0 Å². The summed E-state index contributed by atoms with van der Waals surface area (Å²) in [5.41, 5.74) is 0. The molecule has 7 N–H and O–H groups in total. The van der Waals surface area contributed by atoms with E-state index < -0.39 is 0 Å². The number of aliphatic hydroxyl groups excluding tert-OH is 3. The van der Waals surface area contributed by atoms with Gasteiger partial charge in [-0.2, -0.15) is 0 Å². The first-order valence-electron chi connectivity index (χ1n) is 11.0. The van der Waals surface area contributed by atoms with E-state index in [0.717, 1.165) is 85.0 Å². The molecule has 29 heavy (non-hydrogen) atoms. The lowest BCUT2D eigenvalue weighted by Gasteiger charge is -2.29. The molecular weight excluding hydrogens is 374 g/mol. The normalized spacial score (nSPS) is 11.0. The van der Waals surface area contributed by atoms with E-state index in [-0.39, 0.29) is 25.3 Å². The maximum atomic E-state index is 9.33. The molecule has 0 atom stereocenters. The minimum absolute atomic E-state index is 0. The van der Waals surface area contributed by atoms with Crippen LogP contribution in [0.3, 0.4) is 0 Å². The Morgan fingerprint density at radius 1 is 0.621 bits per heavy atom. The Morgan fingerprint density at radius 2 is 1.10 bits per heavy atom. The van der Waals surface area contributed by atoms with E-state index in [9.17, 15) is 5.11 Å². The number of rotatable bonds is 19. The Morgan fingerprint density at radius 3 is 1.55 bits per heavy atom. The summed E-state index contributed by atoms with van der Waals surface area (Å²) in [6.45, 7) is 18.2. The van der Waals surface area contributed by atoms with Crippen molar-refractivity contribution in [2.45, 2.75) is 27.2 Å². The van der Waals surface area contributed by atoms with E-state index in [0.29, 0.717) is 0 Å². The Labute approximate surface area is 179 Å². The summed E-state index contributed by atoms with van der Waals surface area (Å²) in [7, 11) is 1.97. The van der Waals surface area contributed by atoms with E-state index in [2.05, 4.69) is 39.2 Å². The lowest BCUT2D eigenvalue weighted by atomic mass is 10.3. The van der Waals surface area contributed by atoms with Crippen LogP contribution in [0.25, 0.3) is 0 Å². The van der Waals surface area contributed by atoms with Crippen molar-refractivity contribution in [2.24, 2.45) is 0 Å². The fourth-order valence-electron chi connectivity index (χ4n) is 2.84. The Balaban J connectivity index is -0.00000158. The molecule has 0 bridgehead atoms. The van der Waals surface area contributed by atoms with Gasteiger partial charge in [0.15, 0.2) is 0 Å². The minimum Gasteiger partial charge on any atom is -0.412 e.